The number of hydrogen-bond acceptors (Lipinski definition) is 5. The monoisotopic (exact) mass is 401 g/mol. The zero-order valence-corrected chi connectivity index (χ0v) is 16.3. The van der Waals surface area contributed by atoms with Crippen LogP contribution in [0.1, 0.15) is 11.1 Å². The lowest BCUT2D eigenvalue weighted by Gasteiger charge is -2.11. The van der Waals surface area contributed by atoms with Gasteiger partial charge in [-0.2, -0.15) is 0 Å². The predicted octanol–water partition coefficient (Wildman–Crippen LogP) is 3.50. The van der Waals surface area contributed by atoms with E-state index in [1.165, 1.54) is 12.1 Å². The molecule has 3 rings (SSSR count). The largest absolute Gasteiger partial charge is 0.496 e. The van der Waals surface area contributed by atoms with E-state index < -0.39 is 5.63 Å². The number of rotatable bonds is 7. The van der Waals surface area contributed by atoms with Gasteiger partial charge in [-0.25, -0.2) is 4.79 Å². The first-order valence-electron chi connectivity index (χ1n) is 8.73. The van der Waals surface area contributed by atoms with E-state index >= 15 is 0 Å². The molecule has 0 spiro atoms. The molecule has 146 valence electrons. The summed E-state index contributed by atoms with van der Waals surface area (Å²) in [6.07, 6.45) is 0.636. The van der Waals surface area contributed by atoms with E-state index in [4.69, 9.17) is 25.5 Å². The number of fused-ring (bicyclic) bond motifs is 1. The van der Waals surface area contributed by atoms with Crippen molar-refractivity contribution < 1.29 is 18.7 Å². The molecule has 0 saturated heterocycles. The number of carbonyl (C=O) groups is 1. The van der Waals surface area contributed by atoms with E-state index in [1.54, 1.807) is 20.1 Å². The summed E-state index contributed by atoms with van der Waals surface area (Å²) in [4.78, 5) is 23.6. The van der Waals surface area contributed by atoms with Gasteiger partial charge < -0.3 is 19.2 Å². The maximum absolute atomic E-state index is 12.1. The third-order valence-electron chi connectivity index (χ3n) is 4.27. The minimum absolute atomic E-state index is 0.201. The van der Waals surface area contributed by atoms with Gasteiger partial charge in [-0.3, -0.25) is 4.79 Å². The van der Waals surface area contributed by atoms with E-state index in [-0.39, 0.29) is 18.3 Å². The lowest BCUT2D eigenvalue weighted by atomic mass is 10.1. The quantitative estimate of drug-likeness (QED) is 0.613. The number of carbonyl (C=O) groups excluding carboxylic acids is 1. The van der Waals surface area contributed by atoms with Gasteiger partial charge in [-0.15, -0.1) is 0 Å². The van der Waals surface area contributed by atoms with Crippen molar-refractivity contribution in [2.24, 2.45) is 0 Å². The second-order valence-corrected chi connectivity index (χ2v) is 6.63. The number of ether oxygens (including phenoxy) is 2. The Hall–Kier alpha value is -2.99. The number of benzene rings is 2. The Morgan fingerprint density at radius 1 is 1.18 bits per heavy atom. The minimum Gasteiger partial charge on any atom is -0.496 e. The number of nitrogens with one attached hydrogen (secondary N) is 1. The van der Waals surface area contributed by atoms with Crippen LogP contribution in [0.15, 0.2) is 51.7 Å². The van der Waals surface area contributed by atoms with Crippen LogP contribution in [-0.4, -0.2) is 26.2 Å². The van der Waals surface area contributed by atoms with Gasteiger partial charge in [0, 0.05) is 24.1 Å². The lowest BCUT2D eigenvalue weighted by molar-refractivity contribution is -0.123. The number of methoxy groups -OCH3 is 1. The van der Waals surface area contributed by atoms with Gasteiger partial charge in [-0.1, -0.05) is 29.8 Å². The zero-order chi connectivity index (χ0) is 20.1. The lowest BCUT2D eigenvalue weighted by Crippen LogP contribution is -2.30. The van der Waals surface area contributed by atoms with Crippen molar-refractivity contribution in [1.82, 2.24) is 5.32 Å². The summed E-state index contributed by atoms with van der Waals surface area (Å²) in [5.74, 6) is 0.785. The van der Waals surface area contributed by atoms with Crippen LogP contribution in [-0.2, 0) is 11.2 Å². The molecule has 0 bridgehead atoms. The van der Waals surface area contributed by atoms with Crippen LogP contribution in [0.4, 0.5) is 0 Å². The molecule has 1 heterocycles. The van der Waals surface area contributed by atoms with E-state index in [0.717, 1.165) is 22.3 Å². The molecule has 1 N–H and O–H groups in total. The molecular formula is C21H20ClNO5. The summed E-state index contributed by atoms with van der Waals surface area (Å²) in [6.45, 7) is 2.04. The standard InChI is InChI=1S/C21H20ClNO5/c1-13-9-21(25)28-18-11-19(16(22)10-15(13)18)27-12-20(24)23-8-7-14-5-3-4-6-17(14)26-2/h3-6,9-11H,7-8,12H2,1-2H3,(H,23,24). The third-order valence-corrected chi connectivity index (χ3v) is 4.57. The van der Waals surface area contributed by atoms with Crippen molar-refractivity contribution in [3.8, 4) is 11.5 Å². The average Bonchev–Trinajstić information content (AvgIpc) is 2.67. The van der Waals surface area contributed by atoms with Gasteiger partial charge in [0.2, 0.25) is 0 Å². The summed E-state index contributed by atoms with van der Waals surface area (Å²) >= 11 is 6.23. The molecule has 0 unspecified atom stereocenters. The molecule has 0 aliphatic heterocycles. The van der Waals surface area contributed by atoms with Crippen LogP contribution in [0.3, 0.4) is 0 Å². The van der Waals surface area contributed by atoms with Gasteiger partial charge in [-0.05, 0) is 36.6 Å². The molecule has 0 saturated carbocycles. The zero-order valence-electron chi connectivity index (χ0n) is 15.6. The molecule has 6 nitrogen and oxygen atoms in total. The van der Waals surface area contributed by atoms with Gasteiger partial charge >= 0.3 is 5.63 Å². The van der Waals surface area contributed by atoms with Gasteiger partial charge in [0.1, 0.15) is 17.1 Å². The number of hydrogen-bond donors (Lipinski definition) is 1. The Kier molecular flexibility index (Phi) is 6.21. The third kappa shape index (κ3) is 4.64. The Morgan fingerprint density at radius 2 is 1.96 bits per heavy atom. The van der Waals surface area contributed by atoms with Crippen LogP contribution in [0.25, 0.3) is 11.0 Å². The first kappa shape index (κ1) is 19.8. The summed E-state index contributed by atoms with van der Waals surface area (Å²) in [5.41, 5.74) is 1.68. The predicted molar refractivity (Wildman–Crippen MR) is 107 cm³/mol. The molecule has 3 aromatic rings. The first-order valence-corrected chi connectivity index (χ1v) is 9.11. The number of para-hydroxylation sites is 1. The van der Waals surface area contributed by atoms with Crippen LogP contribution in [0, 0.1) is 6.92 Å². The normalized spacial score (nSPS) is 10.7. The molecule has 2 aromatic carbocycles. The van der Waals surface area contributed by atoms with E-state index in [1.807, 2.05) is 24.3 Å². The number of amides is 1. The van der Waals surface area contributed by atoms with Crippen LogP contribution in [0.5, 0.6) is 11.5 Å². The fourth-order valence-electron chi connectivity index (χ4n) is 2.87. The molecule has 0 radical (unpaired) electrons. The fraction of sp³-hybridized carbons (Fsp3) is 0.238. The summed E-state index contributed by atoms with van der Waals surface area (Å²) in [6, 6.07) is 12.2. The highest BCUT2D eigenvalue weighted by Gasteiger charge is 2.11. The van der Waals surface area contributed by atoms with Crippen molar-refractivity contribution in [3.05, 3.63) is 69.0 Å². The molecule has 1 aromatic heterocycles. The Labute approximate surface area is 167 Å². The maximum atomic E-state index is 12.1. The topological polar surface area (TPSA) is 77.8 Å². The summed E-state index contributed by atoms with van der Waals surface area (Å²) < 4.78 is 16.0. The van der Waals surface area contributed by atoms with Crippen LogP contribution < -0.4 is 20.4 Å². The summed E-state index contributed by atoms with van der Waals surface area (Å²) in [7, 11) is 1.61. The molecular weight excluding hydrogens is 382 g/mol. The second-order valence-electron chi connectivity index (χ2n) is 6.23. The Bertz CT molecular complexity index is 1060. The van der Waals surface area contributed by atoms with Gasteiger partial charge in [0.15, 0.2) is 6.61 Å². The van der Waals surface area contributed by atoms with E-state index in [0.29, 0.717) is 23.6 Å². The summed E-state index contributed by atoms with van der Waals surface area (Å²) in [5, 5.41) is 3.85. The van der Waals surface area contributed by atoms with E-state index in [9.17, 15) is 9.59 Å². The molecule has 1 amide bonds. The SMILES string of the molecule is COc1ccccc1CCNC(=O)COc1cc2oc(=O)cc(C)c2cc1Cl. The number of aryl methyl sites for hydroxylation is 1. The van der Waals surface area contributed by atoms with Crippen molar-refractivity contribution in [1.29, 1.82) is 0 Å². The van der Waals surface area contributed by atoms with Crippen molar-refractivity contribution in [2.75, 3.05) is 20.3 Å². The highest BCUT2D eigenvalue weighted by Crippen LogP contribution is 2.30. The van der Waals surface area contributed by atoms with Crippen molar-refractivity contribution in [3.63, 3.8) is 0 Å². The molecule has 0 fully saturated rings. The second kappa shape index (κ2) is 8.80. The van der Waals surface area contributed by atoms with E-state index in [2.05, 4.69) is 5.32 Å². The molecule has 0 aliphatic carbocycles. The smallest absolute Gasteiger partial charge is 0.336 e. The maximum Gasteiger partial charge on any atom is 0.336 e. The highest BCUT2D eigenvalue weighted by atomic mass is 35.5. The van der Waals surface area contributed by atoms with Crippen LogP contribution in [0.2, 0.25) is 5.02 Å². The Morgan fingerprint density at radius 3 is 2.75 bits per heavy atom. The molecule has 28 heavy (non-hydrogen) atoms. The highest BCUT2D eigenvalue weighted by molar-refractivity contribution is 6.32. The Balaban J connectivity index is 1.58. The number of halogens is 1. The average molecular weight is 402 g/mol. The molecule has 0 atom stereocenters. The van der Waals surface area contributed by atoms with Crippen molar-refractivity contribution in [2.45, 2.75) is 13.3 Å². The van der Waals surface area contributed by atoms with Gasteiger partial charge in [0.25, 0.3) is 5.91 Å². The fourth-order valence-corrected chi connectivity index (χ4v) is 3.09. The molecule has 7 heteroatoms. The van der Waals surface area contributed by atoms with Crippen molar-refractivity contribution >= 4 is 28.5 Å². The molecule has 0 aliphatic rings. The first-order chi connectivity index (χ1) is 13.5. The van der Waals surface area contributed by atoms with Gasteiger partial charge in [0.05, 0.1) is 12.1 Å². The van der Waals surface area contributed by atoms with Crippen LogP contribution >= 0.6 is 11.6 Å². The minimum atomic E-state index is -0.452.